The second kappa shape index (κ2) is 4.89. The Kier molecular flexibility index (Phi) is 3.80. The van der Waals surface area contributed by atoms with Gasteiger partial charge in [-0.3, -0.25) is 4.39 Å². The molecular formula is C11H14FNO2. The first kappa shape index (κ1) is 11.7. The van der Waals surface area contributed by atoms with Gasteiger partial charge >= 0.3 is 5.97 Å². The molecule has 1 rings (SSSR count). The molecule has 82 valence electrons. The number of nitrogens with two attached hydrogens (primary N) is 1. The van der Waals surface area contributed by atoms with Crippen LogP contribution in [-0.4, -0.2) is 17.8 Å². The number of carboxylic acids is 1. The number of carbonyl (C=O) groups is 1. The molecule has 0 aliphatic rings. The molecule has 0 heterocycles. The average molecular weight is 211 g/mol. The van der Waals surface area contributed by atoms with Crippen molar-refractivity contribution in [3.8, 4) is 0 Å². The Bertz CT molecular complexity index is 329. The van der Waals surface area contributed by atoms with E-state index in [1.165, 1.54) is 0 Å². The number of alkyl halides is 1. The predicted octanol–water partition coefficient (Wildman–Crippen LogP) is 1.67. The molecule has 0 fully saturated rings. The van der Waals surface area contributed by atoms with Gasteiger partial charge < -0.3 is 10.8 Å². The van der Waals surface area contributed by atoms with Crippen LogP contribution >= 0.6 is 0 Å². The quantitative estimate of drug-likeness (QED) is 0.778. The van der Waals surface area contributed by atoms with Crippen molar-refractivity contribution >= 4 is 5.97 Å². The molecule has 3 N–H and O–H groups in total. The van der Waals surface area contributed by atoms with Crippen LogP contribution in [0.25, 0.3) is 0 Å². The van der Waals surface area contributed by atoms with Gasteiger partial charge in [0.1, 0.15) is 5.54 Å². The standard InChI is InChI=1S/C11H14FNO2/c12-8-4-7-11(13,10(14)15)9-5-2-1-3-6-9/h1-3,5-6H,4,7-8,13H2,(H,14,15). The third-order valence-electron chi connectivity index (χ3n) is 2.38. The van der Waals surface area contributed by atoms with Crippen LogP contribution in [0, 0.1) is 0 Å². The highest BCUT2D eigenvalue weighted by Crippen LogP contribution is 2.23. The fourth-order valence-electron chi connectivity index (χ4n) is 1.46. The summed E-state index contributed by atoms with van der Waals surface area (Å²) in [5.74, 6) is -1.12. The van der Waals surface area contributed by atoms with E-state index in [2.05, 4.69) is 0 Å². The molecule has 4 heteroatoms. The smallest absolute Gasteiger partial charge is 0.328 e. The van der Waals surface area contributed by atoms with Gasteiger partial charge in [0.15, 0.2) is 0 Å². The maximum absolute atomic E-state index is 12.1. The van der Waals surface area contributed by atoms with Crippen molar-refractivity contribution in [1.29, 1.82) is 0 Å². The lowest BCUT2D eigenvalue weighted by Crippen LogP contribution is -2.44. The summed E-state index contributed by atoms with van der Waals surface area (Å²) in [6, 6.07) is 8.50. The van der Waals surface area contributed by atoms with E-state index in [0.717, 1.165) is 0 Å². The number of aliphatic carboxylic acids is 1. The van der Waals surface area contributed by atoms with Crippen LogP contribution in [0.4, 0.5) is 4.39 Å². The molecule has 0 spiro atoms. The molecule has 15 heavy (non-hydrogen) atoms. The summed E-state index contributed by atoms with van der Waals surface area (Å²) in [5, 5.41) is 9.07. The SMILES string of the molecule is NC(CCCF)(C(=O)O)c1ccccc1. The van der Waals surface area contributed by atoms with Crippen molar-refractivity contribution in [2.45, 2.75) is 18.4 Å². The van der Waals surface area contributed by atoms with Gasteiger partial charge in [-0.15, -0.1) is 0 Å². The summed E-state index contributed by atoms with van der Waals surface area (Å²) in [4.78, 5) is 11.1. The molecule has 0 aromatic heterocycles. The predicted molar refractivity (Wildman–Crippen MR) is 55.2 cm³/mol. The summed E-state index contributed by atoms with van der Waals surface area (Å²) in [6.45, 7) is -0.556. The molecule has 0 saturated heterocycles. The van der Waals surface area contributed by atoms with Crippen LogP contribution in [0.15, 0.2) is 30.3 Å². The van der Waals surface area contributed by atoms with Gasteiger partial charge in [0.25, 0.3) is 0 Å². The molecule has 0 radical (unpaired) electrons. The lowest BCUT2D eigenvalue weighted by molar-refractivity contribution is -0.144. The van der Waals surface area contributed by atoms with Gasteiger partial charge in [-0.05, 0) is 18.4 Å². The molecule has 1 aromatic rings. The maximum Gasteiger partial charge on any atom is 0.328 e. The van der Waals surface area contributed by atoms with E-state index in [0.29, 0.717) is 5.56 Å². The molecule has 0 aliphatic heterocycles. The highest BCUT2D eigenvalue weighted by molar-refractivity contribution is 5.80. The molecule has 0 bridgehead atoms. The number of benzene rings is 1. The summed E-state index contributed by atoms with van der Waals surface area (Å²) in [6.07, 6.45) is 0.251. The fraction of sp³-hybridized carbons (Fsp3) is 0.364. The molecule has 0 saturated carbocycles. The second-order valence-electron chi connectivity index (χ2n) is 3.44. The van der Waals surface area contributed by atoms with Crippen molar-refractivity contribution in [3.05, 3.63) is 35.9 Å². The number of rotatable bonds is 5. The Morgan fingerprint density at radius 2 is 2.00 bits per heavy atom. The van der Waals surface area contributed by atoms with E-state index in [4.69, 9.17) is 10.8 Å². The normalized spacial score (nSPS) is 14.5. The Morgan fingerprint density at radius 3 is 2.47 bits per heavy atom. The summed E-state index contributed by atoms with van der Waals surface area (Å²) in [5.41, 5.74) is 4.81. The lowest BCUT2D eigenvalue weighted by atomic mass is 9.87. The van der Waals surface area contributed by atoms with Crippen molar-refractivity contribution in [3.63, 3.8) is 0 Å². The molecule has 0 amide bonds. The van der Waals surface area contributed by atoms with Crippen LogP contribution in [-0.2, 0) is 10.3 Å². The zero-order valence-corrected chi connectivity index (χ0v) is 8.32. The molecular weight excluding hydrogens is 197 g/mol. The Hall–Kier alpha value is -1.42. The topological polar surface area (TPSA) is 63.3 Å². The number of hydrogen-bond acceptors (Lipinski definition) is 2. The Balaban J connectivity index is 2.96. The molecule has 1 aromatic carbocycles. The van der Waals surface area contributed by atoms with Crippen LogP contribution in [0.1, 0.15) is 18.4 Å². The molecule has 3 nitrogen and oxygen atoms in total. The first-order valence-corrected chi connectivity index (χ1v) is 4.75. The molecule has 0 aliphatic carbocycles. The van der Waals surface area contributed by atoms with Gasteiger partial charge in [0.05, 0.1) is 6.67 Å². The van der Waals surface area contributed by atoms with E-state index in [1.54, 1.807) is 30.3 Å². The van der Waals surface area contributed by atoms with Gasteiger partial charge in [-0.25, -0.2) is 4.79 Å². The van der Waals surface area contributed by atoms with Crippen molar-refractivity contribution in [2.75, 3.05) is 6.67 Å². The van der Waals surface area contributed by atoms with E-state index in [1.807, 2.05) is 0 Å². The lowest BCUT2D eigenvalue weighted by Gasteiger charge is -2.24. The van der Waals surface area contributed by atoms with Crippen LogP contribution in [0.5, 0.6) is 0 Å². The first-order chi connectivity index (χ1) is 7.11. The minimum absolute atomic E-state index is 0.100. The third-order valence-corrected chi connectivity index (χ3v) is 2.38. The Morgan fingerprint density at radius 1 is 1.40 bits per heavy atom. The van der Waals surface area contributed by atoms with Gasteiger partial charge in [-0.2, -0.15) is 0 Å². The van der Waals surface area contributed by atoms with E-state index in [-0.39, 0.29) is 12.8 Å². The first-order valence-electron chi connectivity index (χ1n) is 4.75. The largest absolute Gasteiger partial charge is 0.480 e. The van der Waals surface area contributed by atoms with Crippen LogP contribution < -0.4 is 5.73 Å². The van der Waals surface area contributed by atoms with Crippen molar-refractivity contribution in [2.24, 2.45) is 5.73 Å². The van der Waals surface area contributed by atoms with Crippen LogP contribution in [0.3, 0.4) is 0 Å². The molecule has 1 unspecified atom stereocenters. The number of hydrogen-bond donors (Lipinski definition) is 2. The Labute approximate surface area is 87.7 Å². The van der Waals surface area contributed by atoms with E-state index >= 15 is 0 Å². The second-order valence-corrected chi connectivity index (χ2v) is 3.44. The van der Waals surface area contributed by atoms with E-state index in [9.17, 15) is 9.18 Å². The number of carboxylic acid groups (broad SMARTS) is 1. The average Bonchev–Trinajstić information content (AvgIpc) is 2.27. The summed E-state index contributed by atoms with van der Waals surface area (Å²) < 4.78 is 12.1. The van der Waals surface area contributed by atoms with Crippen molar-refractivity contribution in [1.82, 2.24) is 0 Å². The van der Waals surface area contributed by atoms with Gasteiger partial charge in [0, 0.05) is 0 Å². The maximum atomic E-state index is 12.1. The summed E-state index contributed by atoms with van der Waals surface area (Å²) in [7, 11) is 0. The minimum Gasteiger partial charge on any atom is -0.480 e. The zero-order valence-electron chi connectivity index (χ0n) is 8.32. The third kappa shape index (κ3) is 2.53. The van der Waals surface area contributed by atoms with Gasteiger partial charge in [-0.1, -0.05) is 30.3 Å². The van der Waals surface area contributed by atoms with Crippen LogP contribution in [0.2, 0.25) is 0 Å². The number of halogens is 1. The minimum atomic E-state index is -1.48. The van der Waals surface area contributed by atoms with Gasteiger partial charge in [0.2, 0.25) is 0 Å². The highest BCUT2D eigenvalue weighted by atomic mass is 19.1. The molecule has 1 atom stereocenters. The van der Waals surface area contributed by atoms with E-state index < -0.39 is 18.2 Å². The monoisotopic (exact) mass is 211 g/mol. The fourth-order valence-corrected chi connectivity index (χ4v) is 1.46. The zero-order chi connectivity index (χ0) is 11.3. The van der Waals surface area contributed by atoms with Crippen molar-refractivity contribution < 1.29 is 14.3 Å². The summed E-state index contributed by atoms with van der Waals surface area (Å²) >= 11 is 0. The highest BCUT2D eigenvalue weighted by Gasteiger charge is 2.35.